The first-order chi connectivity index (χ1) is 12.1. The number of rotatable bonds is 6. The van der Waals surface area contributed by atoms with Gasteiger partial charge in [0.15, 0.2) is 0 Å². The van der Waals surface area contributed by atoms with E-state index in [2.05, 4.69) is 26.1 Å². The minimum atomic E-state index is -0.0170. The third-order valence-corrected chi connectivity index (χ3v) is 4.31. The zero-order chi connectivity index (χ0) is 17.8. The second-order valence-electron chi connectivity index (χ2n) is 6.73. The molecular formula is C21H25N3O. The molecule has 3 aromatic rings. The lowest BCUT2D eigenvalue weighted by Gasteiger charge is -2.22. The van der Waals surface area contributed by atoms with E-state index in [9.17, 15) is 4.79 Å². The van der Waals surface area contributed by atoms with E-state index in [4.69, 9.17) is 4.98 Å². The van der Waals surface area contributed by atoms with Gasteiger partial charge in [-0.15, -0.1) is 0 Å². The monoisotopic (exact) mass is 335 g/mol. The molecule has 0 saturated carbocycles. The van der Waals surface area contributed by atoms with Gasteiger partial charge in [-0.2, -0.15) is 0 Å². The summed E-state index contributed by atoms with van der Waals surface area (Å²) in [4.78, 5) is 18.1. The van der Waals surface area contributed by atoms with Gasteiger partial charge in [-0.1, -0.05) is 51.1 Å². The maximum absolute atomic E-state index is 13.2. The molecule has 25 heavy (non-hydrogen) atoms. The quantitative estimate of drug-likeness (QED) is 0.738. The molecule has 4 nitrogen and oxygen atoms in total. The van der Waals surface area contributed by atoms with E-state index < -0.39 is 0 Å². The SMILES string of the molecule is CCC(NCC(C)C)c1nc2ccccc2c(=O)n1-c1ccccc1. The van der Waals surface area contributed by atoms with Crippen molar-refractivity contribution in [2.45, 2.75) is 33.2 Å². The van der Waals surface area contributed by atoms with Gasteiger partial charge < -0.3 is 5.32 Å². The van der Waals surface area contributed by atoms with Crippen molar-refractivity contribution >= 4 is 10.9 Å². The van der Waals surface area contributed by atoms with Gasteiger partial charge in [-0.25, -0.2) is 4.98 Å². The van der Waals surface area contributed by atoms with Crippen LogP contribution < -0.4 is 10.9 Å². The number of para-hydroxylation sites is 2. The van der Waals surface area contributed by atoms with Crippen molar-refractivity contribution in [3.8, 4) is 5.69 Å². The lowest BCUT2D eigenvalue weighted by molar-refractivity contribution is 0.442. The highest BCUT2D eigenvalue weighted by atomic mass is 16.1. The van der Waals surface area contributed by atoms with Crippen LogP contribution in [0.3, 0.4) is 0 Å². The molecule has 0 bridgehead atoms. The molecule has 1 atom stereocenters. The number of hydrogen-bond acceptors (Lipinski definition) is 3. The standard InChI is InChI=1S/C21H25N3O/c1-4-18(22-14-15(2)3)20-23-19-13-9-8-12-17(19)21(25)24(20)16-10-6-5-7-11-16/h5-13,15,18,22H,4,14H2,1-3H3. The van der Waals surface area contributed by atoms with Crippen LogP contribution in [0, 0.1) is 5.92 Å². The zero-order valence-corrected chi connectivity index (χ0v) is 15.1. The summed E-state index contributed by atoms with van der Waals surface area (Å²) in [6, 6.07) is 17.3. The molecule has 3 rings (SSSR count). The van der Waals surface area contributed by atoms with E-state index in [1.54, 1.807) is 4.57 Å². The second kappa shape index (κ2) is 7.62. The maximum Gasteiger partial charge on any atom is 0.266 e. The maximum atomic E-state index is 13.2. The predicted octanol–water partition coefficient (Wildman–Crippen LogP) is 4.08. The predicted molar refractivity (Wildman–Crippen MR) is 103 cm³/mol. The summed E-state index contributed by atoms with van der Waals surface area (Å²) >= 11 is 0. The molecule has 1 N–H and O–H groups in total. The van der Waals surface area contributed by atoms with E-state index in [-0.39, 0.29) is 11.6 Å². The van der Waals surface area contributed by atoms with Gasteiger partial charge >= 0.3 is 0 Å². The summed E-state index contributed by atoms with van der Waals surface area (Å²) < 4.78 is 1.75. The fraction of sp³-hybridized carbons (Fsp3) is 0.333. The molecule has 0 radical (unpaired) electrons. The Kier molecular flexibility index (Phi) is 5.29. The molecule has 0 aliphatic heterocycles. The molecular weight excluding hydrogens is 310 g/mol. The normalized spacial score (nSPS) is 12.6. The highest BCUT2D eigenvalue weighted by Gasteiger charge is 2.19. The van der Waals surface area contributed by atoms with Crippen LogP contribution in [0.5, 0.6) is 0 Å². The summed E-state index contributed by atoms with van der Waals surface area (Å²) in [5.74, 6) is 1.31. The van der Waals surface area contributed by atoms with Gasteiger partial charge in [0.25, 0.3) is 5.56 Å². The van der Waals surface area contributed by atoms with Gasteiger partial charge in [0, 0.05) is 0 Å². The topological polar surface area (TPSA) is 46.9 Å². The smallest absolute Gasteiger partial charge is 0.266 e. The number of nitrogens with one attached hydrogen (secondary N) is 1. The molecule has 1 unspecified atom stereocenters. The molecule has 0 fully saturated rings. The van der Waals surface area contributed by atoms with Crippen LogP contribution >= 0.6 is 0 Å². The Bertz CT molecular complexity index is 900. The Morgan fingerprint density at radius 2 is 1.72 bits per heavy atom. The van der Waals surface area contributed by atoms with Gasteiger partial charge in [-0.05, 0) is 43.1 Å². The van der Waals surface area contributed by atoms with Crippen molar-refractivity contribution in [3.63, 3.8) is 0 Å². The molecule has 130 valence electrons. The van der Waals surface area contributed by atoms with Crippen molar-refractivity contribution in [1.82, 2.24) is 14.9 Å². The summed E-state index contributed by atoms with van der Waals surface area (Å²) in [5, 5.41) is 4.21. The van der Waals surface area contributed by atoms with Gasteiger partial charge in [0.2, 0.25) is 0 Å². The summed E-state index contributed by atoms with van der Waals surface area (Å²) in [6.07, 6.45) is 0.865. The average molecular weight is 335 g/mol. The molecule has 2 aromatic carbocycles. The third-order valence-electron chi connectivity index (χ3n) is 4.31. The van der Waals surface area contributed by atoms with E-state index >= 15 is 0 Å². The van der Waals surface area contributed by atoms with Crippen LogP contribution in [0.4, 0.5) is 0 Å². The van der Waals surface area contributed by atoms with Crippen molar-refractivity contribution < 1.29 is 0 Å². The summed E-state index contributed by atoms with van der Waals surface area (Å²) in [7, 11) is 0. The fourth-order valence-corrected chi connectivity index (χ4v) is 3.01. The van der Waals surface area contributed by atoms with Crippen LogP contribution in [0.25, 0.3) is 16.6 Å². The van der Waals surface area contributed by atoms with Crippen molar-refractivity contribution in [2.24, 2.45) is 5.92 Å². The van der Waals surface area contributed by atoms with E-state index in [0.29, 0.717) is 11.3 Å². The Hall–Kier alpha value is -2.46. The van der Waals surface area contributed by atoms with Gasteiger partial charge in [0.05, 0.1) is 22.6 Å². The van der Waals surface area contributed by atoms with Crippen LogP contribution in [-0.2, 0) is 0 Å². The molecule has 0 aliphatic rings. The Morgan fingerprint density at radius 3 is 2.40 bits per heavy atom. The van der Waals surface area contributed by atoms with Crippen molar-refractivity contribution in [3.05, 3.63) is 70.8 Å². The molecule has 0 amide bonds. The van der Waals surface area contributed by atoms with Crippen LogP contribution in [0.1, 0.15) is 39.1 Å². The van der Waals surface area contributed by atoms with E-state index in [1.807, 2.05) is 54.6 Å². The molecule has 0 aliphatic carbocycles. The lowest BCUT2D eigenvalue weighted by Crippen LogP contribution is -2.32. The highest BCUT2D eigenvalue weighted by molar-refractivity contribution is 5.77. The number of hydrogen-bond donors (Lipinski definition) is 1. The van der Waals surface area contributed by atoms with Crippen molar-refractivity contribution in [1.29, 1.82) is 0 Å². The number of fused-ring (bicyclic) bond motifs is 1. The van der Waals surface area contributed by atoms with Gasteiger partial charge in [0.1, 0.15) is 5.82 Å². The van der Waals surface area contributed by atoms with Crippen LogP contribution in [0.2, 0.25) is 0 Å². The van der Waals surface area contributed by atoms with Crippen LogP contribution in [-0.4, -0.2) is 16.1 Å². The molecule has 1 heterocycles. The Balaban J connectivity index is 2.23. The number of aromatic nitrogens is 2. The molecule has 0 saturated heterocycles. The molecule has 0 spiro atoms. The largest absolute Gasteiger partial charge is 0.307 e. The average Bonchev–Trinajstić information content (AvgIpc) is 2.63. The van der Waals surface area contributed by atoms with Gasteiger partial charge in [-0.3, -0.25) is 9.36 Å². The van der Waals surface area contributed by atoms with Crippen molar-refractivity contribution in [2.75, 3.05) is 6.54 Å². The summed E-state index contributed by atoms with van der Waals surface area (Å²) in [5.41, 5.74) is 1.58. The van der Waals surface area contributed by atoms with Crippen LogP contribution in [0.15, 0.2) is 59.4 Å². The molecule has 4 heteroatoms. The minimum absolute atomic E-state index is 0.0170. The minimum Gasteiger partial charge on any atom is -0.307 e. The first kappa shape index (κ1) is 17.4. The first-order valence-corrected chi connectivity index (χ1v) is 8.92. The first-order valence-electron chi connectivity index (χ1n) is 8.92. The molecule has 1 aromatic heterocycles. The van der Waals surface area contributed by atoms with E-state index in [1.165, 1.54) is 0 Å². The Labute approximate surface area is 148 Å². The zero-order valence-electron chi connectivity index (χ0n) is 15.1. The highest BCUT2D eigenvalue weighted by Crippen LogP contribution is 2.20. The third kappa shape index (κ3) is 3.64. The number of benzene rings is 2. The van der Waals surface area contributed by atoms with E-state index in [0.717, 1.165) is 30.0 Å². The lowest BCUT2D eigenvalue weighted by atomic mass is 10.1. The summed E-state index contributed by atoms with van der Waals surface area (Å²) in [6.45, 7) is 7.36. The number of nitrogens with zero attached hydrogens (tertiary/aromatic N) is 2. The fourth-order valence-electron chi connectivity index (χ4n) is 3.01. The second-order valence-corrected chi connectivity index (χ2v) is 6.73. The Morgan fingerprint density at radius 1 is 1.04 bits per heavy atom.